The highest BCUT2D eigenvalue weighted by Gasteiger charge is 2.31. The van der Waals surface area contributed by atoms with Gasteiger partial charge in [-0.15, -0.1) is 0 Å². The number of carboxylic acids is 1. The van der Waals surface area contributed by atoms with Crippen molar-refractivity contribution in [3.05, 3.63) is 42.1 Å². The normalized spacial score (nSPS) is 16.4. The molecule has 2 N–H and O–H groups in total. The Morgan fingerprint density at radius 2 is 1.61 bits per heavy atom. The highest BCUT2D eigenvalue weighted by atomic mass is 16.6. The molecule has 44 heavy (non-hydrogen) atoms. The minimum Gasteiger partial charge on any atom is -0.481 e. The quantitative estimate of drug-likeness (QED) is 0.344. The molecule has 0 unspecified atom stereocenters. The third-order valence-electron chi connectivity index (χ3n) is 7.88. The molecule has 13 heteroatoms. The Morgan fingerprint density at radius 3 is 2.27 bits per heavy atom. The van der Waals surface area contributed by atoms with E-state index >= 15 is 0 Å². The second-order valence-electron chi connectivity index (χ2n) is 11.2. The Labute approximate surface area is 258 Å². The first-order chi connectivity index (χ1) is 21.2. The predicted molar refractivity (Wildman–Crippen MR) is 164 cm³/mol. The Hall–Kier alpha value is -4.26. The molecule has 3 amide bonds. The molecular formula is C31H43N7O6. The zero-order valence-electron chi connectivity index (χ0n) is 25.6. The molecule has 0 spiro atoms. The smallest absolute Gasteiger partial charge is 0.409 e. The number of ether oxygens (including phenoxy) is 1. The minimum absolute atomic E-state index is 0.0818. The first kappa shape index (κ1) is 32.6. The molecule has 1 aromatic carbocycles. The lowest BCUT2D eigenvalue weighted by atomic mass is 10.1. The summed E-state index contributed by atoms with van der Waals surface area (Å²) in [6, 6.07) is 9.90. The number of nitrogens with one attached hydrogen (secondary N) is 1. The van der Waals surface area contributed by atoms with Gasteiger partial charge in [0.25, 0.3) is 5.91 Å². The number of nitrogens with zero attached hydrogens (tertiary/aromatic N) is 6. The molecule has 13 nitrogen and oxygen atoms in total. The van der Waals surface area contributed by atoms with Gasteiger partial charge >= 0.3 is 12.1 Å². The topological polar surface area (TPSA) is 149 Å². The summed E-state index contributed by atoms with van der Waals surface area (Å²) >= 11 is 0. The monoisotopic (exact) mass is 609 g/mol. The third kappa shape index (κ3) is 9.12. The summed E-state index contributed by atoms with van der Waals surface area (Å²) in [4.78, 5) is 67.8. The van der Waals surface area contributed by atoms with E-state index in [4.69, 9.17) is 9.72 Å². The van der Waals surface area contributed by atoms with Gasteiger partial charge in [-0.1, -0.05) is 50.1 Å². The van der Waals surface area contributed by atoms with Crippen LogP contribution in [0.1, 0.15) is 49.5 Å². The molecule has 2 saturated heterocycles. The van der Waals surface area contributed by atoms with Gasteiger partial charge < -0.3 is 34.8 Å². The summed E-state index contributed by atoms with van der Waals surface area (Å²) in [6.45, 7) is 6.69. The lowest BCUT2D eigenvalue weighted by Crippen LogP contribution is -2.56. The Kier molecular flexibility index (Phi) is 11.9. The molecule has 2 aliphatic heterocycles. The maximum Gasteiger partial charge on any atom is 0.409 e. The van der Waals surface area contributed by atoms with E-state index in [1.54, 1.807) is 15.9 Å². The van der Waals surface area contributed by atoms with E-state index in [0.717, 1.165) is 51.0 Å². The van der Waals surface area contributed by atoms with Crippen LogP contribution in [-0.2, 0) is 14.3 Å². The van der Waals surface area contributed by atoms with E-state index in [9.17, 15) is 24.3 Å². The number of aliphatic carboxylic acids is 1. The van der Waals surface area contributed by atoms with Gasteiger partial charge in [0.05, 0.1) is 6.61 Å². The number of likely N-dealkylation sites (N-methyl/N-ethyl adjacent to an activating group) is 1. The van der Waals surface area contributed by atoms with Crippen molar-refractivity contribution in [1.82, 2.24) is 30.0 Å². The number of unbranched alkanes of at least 4 members (excludes halogenated alkanes) is 2. The zero-order chi connectivity index (χ0) is 31.5. The number of carboxylic acid groups (broad SMARTS) is 1. The predicted octanol–water partition coefficient (Wildman–Crippen LogP) is 2.33. The van der Waals surface area contributed by atoms with Crippen molar-refractivity contribution in [3.63, 3.8) is 0 Å². The minimum atomic E-state index is -1.08. The van der Waals surface area contributed by atoms with Gasteiger partial charge in [0, 0.05) is 70.4 Å². The lowest BCUT2D eigenvalue weighted by Gasteiger charge is -2.36. The van der Waals surface area contributed by atoms with Crippen molar-refractivity contribution >= 4 is 29.7 Å². The molecule has 3 heterocycles. The number of hydrogen-bond donors (Lipinski definition) is 2. The van der Waals surface area contributed by atoms with Gasteiger partial charge in [-0.05, 0) is 19.9 Å². The first-order valence-electron chi connectivity index (χ1n) is 15.4. The van der Waals surface area contributed by atoms with Crippen LogP contribution in [0.4, 0.5) is 10.6 Å². The lowest BCUT2D eigenvalue weighted by molar-refractivity contribution is -0.138. The fourth-order valence-electron chi connectivity index (χ4n) is 5.15. The average molecular weight is 610 g/mol. The van der Waals surface area contributed by atoms with Gasteiger partial charge in [-0.3, -0.25) is 14.4 Å². The number of aromatic nitrogens is 2. The molecule has 0 saturated carbocycles. The van der Waals surface area contributed by atoms with Crippen molar-refractivity contribution < 1.29 is 29.0 Å². The van der Waals surface area contributed by atoms with E-state index in [2.05, 4.69) is 34.1 Å². The summed E-state index contributed by atoms with van der Waals surface area (Å²) in [5.41, 5.74) is 0.842. The molecule has 238 valence electrons. The number of carbonyl (C=O) groups is 4. The average Bonchev–Trinajstić information content (AvgIpc) is 3.05. The van der Waals surface area contributed by atoms with E-state index in [1.807, 2.05) is 30.3 Å². The molecule has 4 rings (SSSR count). The molecule has 0 aliphatic carbocycles. The first-order valence-corrected chi connectivity index (χ1v) is 15.4. The van der Waals surface area contributed by atoms with Crippen LogP contribution in [0.5, 0.6) is 0 Å². The fourth-order valence-corrected chi connectivity index (χ4v) is 5.15. The standard InChI is InChI=1S/C31H43N7O6/c1-3-4-8-21-44-31(43)38-19-17-37(18-20-38)30(42)24(11-12-27(39)40)33-29(41)25-22-26(36-15-13-35(2)14-16-36)34-28(32-25)23-9-6-5-7-10-23/h5-7,9-10,22,24H,3-4,8,11-21H2,1-2H3,(H,33,41)(H,39,40)/t24-/m0/s1. The number of hydrogen-bond acceptors (Lipinski definition) is 9. The van der Waals surface area contributed by atoms with Crippen molar-refractivity contribution in [2.75, 3.05) is 70.9 Å². The van der Waals surface area contributed by atoms with E-state index in [-0.39, 0.29) is 31.6 Å². The molecule has 2 aromatic rings. The number of carbonyl (C=O) groups excluding carboxylic acids is 3. The molecule has 1 atom stereocenters. The van der Waals surface area contributed by atoms with Crippen LogP contribution in [0.15, 0.2) is 36.4 Å². The molecule has 2 aliphatic rings. The fraction of sp³-hybridized carbons (Fsp3) is 0.548. The van der Waals surface area contributed by atoms with E-state index in [0.29, 0.717) is 31.3 Å². The molecule has 2 fully saturated rings. The zero-order valence-corrected chi connectivity index (χ0v) is 25.6. The maximum absolute atomic E-state index is 13.6. The number of amides is 3. The molecule has 0 radical (unpaired) electrons. The Balaban J connectivity index is 1.48. The summed E-state index contributed by atoms with van der Waals surface area (Å²) < 4.78 is 5.34. The highest BCUT2D eigenvalue weighted by Crippen LogP contribution is 2.22. The van der Waals surface area contributed by atoms with Gasteiger partial charge in [0.2, 0.25) is 5.91 Å². The second-order valence-corrected chi connectivity index (χ2v) is 11.2. The van der Waals surface area contributed by atoms with Gasteiger partial charge in [-0.2, -0.15) is 0 Å². The van der Waals surface area contributed by atoms with Crippen molar-refractivity contribution in [2.24, 2.45) is 0 Å². The summed E-state index contributed by atoms with van der Waals surface area (Å²) in [5.74, 6) is -1.05. The van der Waals surface area contributed by atoms with Gasteiger partial charge in [0.15, 0.2) is 5.82 Å². The summed E-state index contributed by atoms with van der Waals surface area (Å²) in [6.07, 6.45) is 2.03. The summed E-state index contributed by atoms with van der Waals surface area (Å²) in [5, 5.41) is 12.1. The largest absolute Gasteiger partial charge is 0.481 e. The highest BCUT2D eigenvalue weighted by molar-refractivity contribution is 5.97. The second kappa shape index (κ2) is 16.0. The Morgan fingerprint density at radius 1 is 0.932 bits per heavy atom. The number of piperazine rings is 2. The van der Waals surface area contributed by atoms with Crippen molar-refractivity contribution in [1.29, 1.82) is 0 Å². The number of rotatable bonds is 12. The van der Waals surface area contributed by atoms with Crippen LogP contribution < -0.4 is 10.2 Å². The molecular weight excluding hydrogens is 566 g/mol. The Bertz CT molecular complexity index is 1280. The van der Waals surface area contributed by atoms with E-state index in [1.165, 1.54) is 0 Å². The van der Waals surface area contributed by atoms with Crippen LogP contribution in [-0.4, -0.2) is 126 Å². The van der Waals surface area contributed by atoms with Crippen LogP contribution in [0, 0.1) is 0 Å². The van der Waals surface area contributed by atoms with Gasteiger partial charge in [-0.25, -0.2) is 14.8 Å². The van der Waals surface area contributed by atoms with Crippen LogP contribution >= 0.6 is 0 Å². The number of benzene rings is 1. The van der Waals surface area contributed by atoms with Gasteiger partial charge in [0.1, 0.15) is 17.6 Å². The summed E-state index contributed by atoms with van der Waals surface area (Å²) in [7, 11) is 2.06. The molecule has 1 aromatic heterocycles. The molecule has 0 bridgehead atoms. The van der Waals surface area contributed by atoms with Crippen LogP contribution in [0.3, 0.4) is 0 Å². The van der Waals surface area contributed by atoms with Crippen LogP contribution in [0.2, 0.25) is 0 Å². The van der Waals surface area contributed by atoms with Crippen molar-refractivity contribution in [3.8, 4) is 11.4 Å². The van der Waals surface area contributed by atoms with Crippen molar-refractivity contribution in [2.45, 2.75) is 45.1 Å². The van der Waals surface area contributed by atoms with E-state index < -0.39 is 29.9 Å². The third-order valence-corrected chi connectivity index (χ3v) is 7.88. The van der Waals surface area contributed by atoms with Crippen LogP contribution in [0.25, 0.3) is 11.4 Å². The number of anilines is 1. The SMILES string of the molecule is CCCCCOC(=O)N1CCN(C(=O)[C@H](CCC(=O)O)NC(=O)c2cc(N3CCN(C)CC3)nc(-c3ccccc3)n2)CC1. The maximum atomic E-state index is 13.6.